The van der Waals surface area contributed by atoms with Crippen molar-refractivity contribution >= 4 is 11.9 Å². The molecule has 1 aliphatic rings. The Morgan fingerprint density at radius 3 is 2.64 bits per heavy atom. The molecule has 0 unspecified atom stereocenters. The second-order valence-electron chi connectivity index (χ2n) is 6.38. The van der Waals surface area contributed by atoms with Crippen LogP contribution in [0.15, 0.2) is 48.0 Å². The number of nitrogens with zero attached hydrogens (tertiary/aromatic N) is 2. The van der Waals surface area contributed by atoms with Crippen LogP contribution in [-0.2, 0) is 11.2 Å². The van der Waals surface area contributed by atoms with Gasteiger partial charge in [-0.2, -0.15) is 0 Å². The molecule has 1 saturated heterocycles. The van der Waals surface area contributed by atoms with Gasteiger partial charge in [-0.25, -0.2) is 4.99 Å². The van der Waals surface area contributed by atoms with Crippen LogP contribution in [0.25, 0.3) is 0 Å². The minimum absolute atomic E-state index is 0.106. The van der Waals surface area contributed by atoms with Gasteiger partial charge in [0.25, 0.3) is 0 Å². The first-order chi connectivity index (χ1) is 12.2. The Hall–Kier alpha value is -2.30. The zero-order valence-electron chi connectivity index (χ0n) is 15.2. The molecule has 1 aliphatic heterocycles. The molecular weight excluding hydrogens is 312 g/mol. The van der Waals surface area contributed by atoms with Gasteiger partial charge in [0, 0.05) is 26.2 Å². The standard InChI is InChI=1S/C20H30N4O/c1-3-12-22-20(21-4-2)23-16-19(25)24-13-10-18(11-14-24)15-17-8-6-5-7-9-17/h3,5-9,18H,1,4,10-16H2,2H3,(H2,21,22,23). The summed E-state index contributed by atoms with van der Waals surface area (Å²) in [6.45, 7) is 8.94. The number of guanidine groups is 1. The summed E-state index contributed by atoms with van der Waals surface area (Å²) in [6, 6.07) is 10.6. The summed E-state index contributed by atoms with van der Waals surface area (Å²) in [5.74, 6) is 1.44. The smallest absolute Gasteiger partial charge is 0.244 e. The molecule has 1 fully saturated rings. The molecule has 0 atom stereocenters. The van der Waals surface area contributed by atoms with E-state index in [0.717, 1.165) is 38.9 Å². The normalized spacial score (nSPS) is 15.7. The number of carbonyl (C=O) groups is 1. The van der Waals surface area contributed by atoms with Crippen LogP contribution < -0.4 is 10.6 Å². The zero-order valence-corrected chi connectivity index (χ0v) is 15.2. The van der Waals surface area contributed by atoms with Crippen molar-refractivity contribution in [3.63, 3.8) is 0 Å². The first-order valence-electron chi connectivity index (χ1n) is 9.17. The quantitative estimate of drug-likeness (QED) is 0.454. The average Bonchev–Trinajstić information content (AvgIpc) is 2.65. The Labute approximate surface area is 151 Å². The van der Waals surface area contributed by atoms with Gasteiger partial charge in [0.2, 0.25) is 5.91 Å². The van der Waals surface area contributed by atoms with Gasteiger partial charge in [-0.3, -0.25) is 4.79 Å². The van der Waals surface area contributed by atoms with E-state index in [1.165, 1.54) is 5.56 Å². The molecule has 0 saturated carbocycles. The van der Waals surface area contributed by atoms with Gasteiger partial charge >= 0.3 is 0 Å². The molecule has 0 aliphatic carbocycles. The van der Waals surface area contributed by atoms with Gasteiger partial charge < -0.3 is 15.5 Å². The van der Waals surface area contributed by atoms with Gasteiger partial charge in [-0.05, 0) is 37.7 Å². The lowest BCUT2D eigenvalue weighted by atomic mass is 9.90. The van der Waals surface area contributed by atoms with Crippen molar-refractivity contribution in [1.29, 1.82) is 0 Å². The van der Waals surface area contributed by atoms with Crippen molar-refractivity contribution in [2.24, 2.45) is 10.9 Å². The van der Waals surface area contributed by atoms with E-state index in [1.807, 2.05) is 11.8 Å². The maximum Gasteiger partial charge on any atom is 0.244 e. The minimum atomic E-state index is 0.106. The monoisotopic (exact) mass is 342 g/mol. The molecule has 136 valence electrons. The maximum atomic E-state index is 12.4. The molecule has 0 spiro atoms. The van der Waals surface area contributed by atoms with Gasteiger partial charge in [0.05, 0.1) is 0 Å². The number of piperidine rings is 1. The molecule has 1 aromatic rings. The fourth-order valence-electron chi connectivity index (χ4n) is 3.09. The third kappa shape index (κ3) is 6.61. The highest BCUT2D eigenvalue weighted by molar-refractivity contribution is 5.85. The summed E-state index contributed by atoms with van der Waals surface area (Å²) >= 11 is 0. The third-order valence-electron chi connectivity index (χ3n) is 4.46. The summed E-state index contributed by atoms with van der Waals surface area (Å²) in [4.78, 5) is 18.7. The summed E-state index contributed by atoms with van der Waals surface area (Å²) in [7, 11) is 0. The van der Waals surface area contributed by atoms with Crippen LogP contribution in [0.1, 0.15) is 25.3 Å². The van der Waals surface area contributed by atoms with Crippen LogP contribution in [0.5, 0.6) is 0 Å². The zero-order chi connectivity index (χ0) is 17.9. The molecule has 25 heavy (non-hydrogen) atoms. The lowest BCUT2D eigenvalue weighted by molar-refractivity contribution is -0.130. The van der Waals surface area contributed by atoms with Crippen molar-refractivity contribution in [3.05, 3.63) is 48.6 Å². The predicted octanol–water partition coefficient (Wildman–Crippen LogP) is 2.21. The Balaban J connectivity index is 1.77. The fraction of sp³-hybridized carbons (Fsp3) is 0.500. The van der Waals surface area contributed by atoms with Crippen LogP contribution in [-0.4, -0.2) is 49.5 Å². The first kappa shape index (κ1) is 19.0. The Morgan fingerprint density at radius 1 is 1.28 bits per heavy atom. The number of benzene rings is 1. The molecule has 0 aromatic heterocycles. The topological polar surface area (TPSA) is 56.7 Å². The fourth-order valence-corrected chi connectivity index (χ4v) is 3.09. The highest BCUT2D eigenvalue weighted by atomic mass is 16.2. The second kappa shape index (κ2) is 10.5. The van der Waals surface area contributed by atoms with Crippen molar-refractivity contribution in [2.75, 3.05) is 32.7 Å². The van der Waals surface area contributed by atoms with E-state index in [9.17, 15) is 4.79 Å². The number of aliphatic imine (C=N–C) groups is 1. The molecular formula is C20H30N4O. The number of likely N-dealkylation sites (tertiary alicyclic amines) is 1. The van der Waals surface area contributed by atoms with E-state index in [0.29, 0.717) is 18.4 Å². The van der Waals surface area contributed by atoms with Crippen LogP contribution in [0.2, 0.25) is 0 Å². The van der Waals surface area contributed by atoms with Gasteiger partial charge in [-0.15, -0.1) is 6.58 Å². The Kier molecular flexibility index (Phi) is 8.02. The first-order valence-corrected chi connectivity index (χ1v) is 9.17. The van der Waals surface area contributed by atoms with Crippen molar-refractivity contribution in [1.82, 2.24) is 15.5 Å². The highest BCUT2D eigenvalue weighted by Gasteiger charge is 2.22. The van der Waals surface area contributed by atoms with E-state index in [4.69, 9.17) is 0 Å². The number of carbonyl (C=O) groups excluding carboxylic acids is 1. The largest absolute Gasteiger partial charge is 0.357 e. The average molecular weight is 342 g/mol. The van der Waals surface area contributed by atoms with Gasteiger partial charge in [0.1, 0.15) is 6.54 Å². The van der Waals surface area contributed by atoms with Crippen molar-refractivity contribution < 1.29 is 4.79 Å². The summed E-state index contributed by atoms with van der Waals surface area (Å²) in [5, 5.41) is 6.24. The van der Waals surface area contributed by atoms with E-state index in [2.05, 4.69) is 52.5 Å². The number of hydrogen-bond acceptors (Lipinski definition) is 2. The van der Waals surface area contributed by atoms with Gasteiger partial charge in [0.15, 0.2) is 5.96 Å². The molecule has 2 N–H and O–H groups in total. The van der Waals surface area contributed by atoms with E-state index in [-0.39, 0.29) is 12.5 Å². The van der Waals surface area contributed by atoms with Crippen LogP contribution >= 0.6 is 0 Å². The maximum absolute atomic E-state index is 12.4. The summed E-state index contributed by atoms with van der Waals surface area (Å²) in [6.07, 6.45) is 5.02. The molecule has 5 heteroatoms. The van der Waals surface area contributed by atoms with Gasteiger partial charge in [-0.1, -0.05) is 36.4 Å². The minimum Gasteiger partial charge on any atom is -0.357 e. The highest BCUT2D eigenvalue weighted by Crippen LogP contribution is 2.21. The van der Waals surface area contributed by atoms with Crippen molar-refractivity contribution in [2.45, 2.75) is 26.2 Å². The second-order valence-corrected chi connectivity index (χ2v) is 6.38. The van der Waals surface area contributed by atoms with E-state index < -0.39 is 0 Å². The number of amides is 1. The molecule has 1 aromatic carbocycles. The van der Waals surface area contributed by atoms with Crippen LogP contribution in [0, 0.1) is 5.92 Å². The number of nitrogens with one attached hydrogen (secondary N) is 2. The molecule has 0 radical (unpaired) electrons. The van der Waals surface area contributed by atoms with E-state index >= 15 is 0 Å². The Bertz CT molecular complexity index is 562. The lowest BCUT2D eigenvalue weighted by Crippen LogP contribution is -2.42. The molecule has 5 nitrogen and oxygen atoms in total. The molecule has 1 heterocycles. The molecule has 0 bridgehead atoms. The summed E-state index contributed by atoms with van der Waals surface area (Å²) in [5.41, 5.74) is 1.39. The third-order valence-corrected chi connectivity index (χ3v) is 4.46. The number of hydrogen-bond donors (Lipinski definition) is 2. The number of rotatable bonds is 7. The SMILES string of the molecule is C=CCNC(=NCC(=O)N1CCC(Cc2ccccc2)CC1)NCC. The van der Waals surface area contributed by atoms with Crippen LogP contribution in [0.3, 0.4) is 0 Å². The lowest BCUT2D eigenvalue weighted by Gasteiger charge is -2.31. The van der Waals surface area contributed by atoms with E-state index in [1.54, 1.807) is 6.08 Å². The van der Waals surface area contributed by atoms with Crippen molar-refractivity contribution in [3.8, 4) is 0 Å². The Morgan fingerprint density at radius 2 is 2.00 bits per heavy atom. The predicted molar refractivity (Wildman–Crippen MR) is 104 cm³/mol. The molecule has 1 amide bonds. The van der Waals surface area contributed by atoms with Crippen LogP contribution in [0.4, 0.5) is 0 Å². The summed E-state index contributed by atoms with van der Waals surface area (Å²) < 4.78 is 0. The molecule has 2 rings (SSSR count).